The van der Waals surface area contributed by atoms with Crippen LogP contribution in [0.2, 0.25) is 4.34 Å². The molecule has 18 heavy (non-hydrogen) atoms. The van der Waals surface area contributed by atoms with E-state index in [0.717, 1.165) is 17.3 Å². The molecule has 0 aliphatic heterocycles. The molecule has 1 aromatic heterocycles. The lowest BCUT2D eigenvalue weighted by molar-refractivity contribution is -0.117. The SMILES string of the molecule is CC(Cc1ccc(Cl)s1)NC(=O)/C=C/CN(C)C. The van der Waals surface area contributed by atoms with Crippen LogP contribution >= 0.6 is 22.9 Å². The molecule has 0 saturated carbocycles. The van der Waals surface area contributed by atoms with E-state index >= 15 is 0 Å². The Hall–Kier alpha value is -0.840. The Balaban J connectivity index is 2.33. The Morgan fingerprint density at radius 1 is 1.56 bits per heavy atom. The molecule has 1 unspecified atom stereocenters. The third-order valence-corrected chi connectivity index (χ3v) is 3.52. The Bertz CT molecular complexity index is 415. The first-order valence-electron chi connectivity index (χ1n) is 5.83. The van der Waals surface area contributed by atoms with E-state index in [9.17, 15) is 4.79 Å². The summed E-state index contributed by atoms with van der Waals surface area (Å²) in [6.45, 7) is 2.76. The zero-order chi connectivity index (χ0) is 13.5. The molecule has 1 atom stereocenters. The highest BCUT2D eigenvalue weighted by atomic mass is 35.5. The molecule has 1 aromatic rings. The van der Waals surface area contributed by atoms with Crippen molar-refractivity contribution in [3.05, 3.63) is 33.5 Å². The van der Waals surface area contributed by atoms with Gasteiger partial charge in [-0.3, -0.25) is 4.79 Å². The van der Waals surface area contributed by atoms with Gasteiger partial charge in [0.1, 0.15) is 0 Å². The van der Waals surface area contributed by atoms with Crippen molar-refractivity contribution in [3.8, 4) is 0 Å². The number of thiophene rings is 1. The van der Waals surface area contributed by atoms with Crippen molar-refractivity contribution in [3.63, 3.8) is 0 Å². The Labute approximate surface area is 117 Å². The smallest absolute Gasteiger partial charge is 0.243 e. The van der Waals surface area contributed by atoms with E-state index in [-0.39, 0.29) is 11.9 Å². The molecule has 1 heterocycles. The molecule has 5 heteroatoms. The number of carbonyl (C=O) groups is 1. The first kappa shape index (κ1) is 15.2. The van der Waals surface area contributed by atoms with Crippen LogP contribution in [0.4, 0.5) is 0 Å². The third kappa shape index (κ3) is 6.19. The lowest BCUT2D eigenvalue weighted by atomic mass is 10.2. The van der Waals surface area contributed by atoms with E-state index in [1.807, 2.05) is 44.1 Å². The van der Waals surface area contributed by atoms with Crippen LogP contribution in [0.5, 0.6) is 0 Å². The summed E-state index contributed by atoms with van der Waals surface area (Å²) in [5.74, 6) is -0.0491. The Morgan fingerprint density at radius 2 is 2.28 bits per heavy atom. The standard InChI is InChI=1S/C13H19ClN2OS/c1-10(9-11-6-7-12(14)18-11)15-13(17)5-4-8-16(2)3/h4-7,10H,8-9H2,1-3H3,(H,15,17)/b5-4+. The highest BCUT2D eigenvalue weighted by molar-refractivity contribution is 7.16. The molecule has 0 fully saturated rings. The number of carbonyl (C=O) groups excluding carboxylic acids is 1. The van der Waals surface area contributed by atoms with Crippen LogP contribution in [-0.2, 0) is 11.2 Å². The average molecular weight is 287 g/mol. The van der Waals surface area contributed by atoms with Gasteiger partial charge in [-0.05, 0) is 33.2 Å². The second kappa shape index (κ2) is 7.56. The topological polar surface area (TPSA) is 32.3 Å². The monoisotopic (exact) mass is 286 g/mol. The maximum Gasteiger partial charge on any atom is 0.243 e. The lowest BCUT2D eigenvalue weighted by Crippen LogP contribution is -2.32. The van der Waals surface area contributed by atoms with Gasteiger partial charge in [-0.25, -0.2) is 0 Å². The van der Waals surface area contributed by atoms with Crippen molar-refractivity contribution >= 4 is 28.8 Å². The van der Waals surface area contributed by atoms with Crippen molar-refractivity contribution < 1.29 is 4.79 Å². The van der Waals surface area contributed by atoms with Gasteiger partial charge in [0.15, 0.2) is 0 Å². The summed E-state index contributed by atoms with van der Waals surface area (Å²) in [6, 6.07) is 3.99. The van der Waals surface area contributed by atoms with E-state index in [1.165, 1.54) is 4.88 Å². The van der Waals surface area contributed by atoms with Crippen LogP contribution in [0.1, 0.15) is 11.8 Å². The van der Waals surface area contributed by atoms with E-state index in [4.69, 9.17) is 11.6 Å². The van der Waals surface area contributed by atoms with Gasteiger partial charge < -0.3 is 10.2 Å². The molecule has 3 nitrogen and oxygen atoms in total. The Morgan fingerprint density at radius 3 is 2.83 bits per heavy atom. The van der Waals surface area contributed by atoms with Gasteiger partial charge in [0, 0.05) is 30.0 Å². The van der Waals surface area contributed by atoms with Crippen molar-refractivity contribution in [1.29, 1.82) is 0 Å². The van der Waals surface area contributed by atoms with Crippen LogP contribution in [0.15, 0.2) is 24.3 Å². The first-order valence-corrected chi connectivity index (χ1v) is 7.03. The fraction of sp³-hybridized carbons (Fsp3) is 0.462. The lowest BCUT2D eigenvalue weighted by Gasteiger charge is -2.11. The molecule has 1 amide bonds. The van der Waals surface area contributed by atoms with E-state index in [2.05, 4.69) is 5.32 Å². The first-order chi connectivity index (χ1) is 8.47. The zero-order valence-corrected chi connectivity index (χ0v) is 12.5. The second-order valence-corrected chi connectivity index (χ2v) is 6.28. The molecule has 0 aromatic carbocycles. The number of nitrogens with zero attached hydrogens (tertiary/aromatic N) is 1. The van der Waals surface area contributed by atoms with Gasteiger partial charge in [0.25, 0.3) is 0 Å². The number of likely N-dealkylation sites (N-methyl/N-ethyl adjacent to an activating group) is 1. The summed E-state index contributed by atoms with van der Waals surface area (Å²) >= 11 is 7.42. The van der Waals surface area contributed by atoms with E-state index in [1.54, 1.807) is 17.4 Å². The van der Waals surface area contributed by atoms with Crippen LogP contribution < -0.4 is 5.32 Å². The number of hydrogen-bond acceptors (Lipinski definition) is 3. The highest BCUT2D eigenvalue weighted by Crippen LogP contribution is 2.22. The number of nitrogens with one attached hydrogen (secondary N) is 1. The molecule has 0 aliphatic carbocycles. The van der Waals surface area contributed by atoms with Crippen LogP contribution in [0.25, 0.3) is 0 Å². The highest BCUT2D eigenvalue weighted by Gasteiger charge is 2.07. The van der Waals surface area contributed by atoms with Crippen molar-refractivity contribution in [1.82, 2.24) is 10.2 Å². The quantitative estimate of drug-likeness (QED) is 0.815. The number of amides is 1. The third-order valence-electron chi connectivity index (χ3n) is 2.26. The van der Waals surface area contributed by atoms with Gasteiger partial charge in [-0.15, -0.1) is 11.3 Å². The number of hydrogen-bond donors (Lipinski definition) is 1. The predicted molar refractivity (Wildman–Crippen MR) is 78.3 cm³/mol. The Kier molecular flexibility index (Phi) is 6.39. The number of halogens is 1. The summed E-state index contributed by atoms with van der Waals surface area (Å²) in [6.07, 6.45) is 4.24. The van der Waals surface area contributed by atoms with Crippen molar-refractivity contribution in [2.24, 2.45) is 0 Å². The summed E-state index contributed by atoms with van der Waals surface area (Å²) in [5.41, 5.74) is 0. The van der Waals surface area contributed by atoms with Gasteiger partial charge in [0.05, 0.1) is 4.34 Å². The molecule has 0 saturated heterocycles. The van der Waals surface area contributed by atoms with Crippen LogP contribution in [-0.4, -0.2) is 37.5 Å². The summed E-state index contributed by atoms with van der Waals surface area (Å²) < 4.78 is 0.786. The molecule has 1 rings (SSSR count). The largest absolute Gasteiger partial charge is 0.350 e. The molecule has 100 valence electrons. The number of rotatable bonds is 6. The molecule has 1 N–H and O–H groups in total. The molecular weight excluding hydrogens is 268 g/mol. The second-order valence-electron chi connectivity index (χ2n) is 4.48. The fourth-order valence-electron chi connectivity index (χ4n) is 1.48. The van der Waals surface area contributed by atoms with Crippen molar-refractivity contribution in [2.45, 2.75) is 19.4 Å². The summed E-state index contributed by atoms with van der Waals surface area (Å²) in [7, 11) is 3.93. The maximum absolute atomic E-state index is 11.6. The van der Waals surface area contributed by atoms with Gasteiger partial charge in [-0.1, -0.05) is 17.7 Å². The van der Waals surface area contributed by atoms with Crippen LogP contribution in [0, 0.1) is 0 Å². The van der Waals surface area contributed by atoms with Gasteiger partial charge in [0.2, 0.25) is 5.91 Å². The molecular formula is C13H19ClN2OS. The van der Waals surface area contributed by atoms with E-state index in [0.29, 0.717) is 0 Å². The minimum atomic E-state index is -0.0491. The molecule has 0 aliphatic rings. The van der Waals surface area contributed by atoms with Crippen LogP contribution in [0.3, 0.4) is 0 Å². The predicted octanol–water partition coefficient (Wildman–Crippen LogP) is 2.57. The molecule has 0 radical (unpaired) electrons. The summed E-state index contributed by atoms with van der Waals surface area (Å²) in [4.78, 5) is 14.8. The van der Waals surface area contributed by atoms with Gasteiger partial charge >= 0.3 is 0 Å². The molecule has 0 bridgehead atoms. The molecule has 0 spiro atoms. The fourth-order valence-corrected chi connectivity index (χ4v) is 2.69. The minimum absolute atomic E-state index is 0.0491. The average Bonchev–Trinajstić information content (AvgIpc) is 2.62. The van der Waals surface area contributed by atoms with Gasteiger partial charge in [-0.2, -0.15) is 0 Å². The van der Waals surface area contributed by atoms with E-state index < -0.39 is 0 Å². The maximum atomic E-state index is 11.6. The minimum Gasteiger partial charge on any atom is -0.350 e. The summed E-state index contributed by atoms with van der Waals surface area (Å²) in [5, 5.41) is 2.93. The normalized spacial score (nSPS) is 13.2. The van der Waals surface area contributed by atoms with Crippen molar-refractivity contribution in [2.75, 3.05) is 20.6 Å². The zero-order valence-electron chi connectivity index (χ0n) is 10.9.